The highest BCUT2D eigenvalue weighted by molar-refractivity contribution is 5.93. The van der Waals surface area contributed by atoms with E-state index >= 15 is 0 Å². The Labute approximate surface area is 116 Å². The van der Waals surface area contributed by atoms with Gasteiger partial charge in [0.1, 0.15) is 0 Å². The van der Waals surface area contributed by atoms with Crippen molar-refractivity contribution < 1.29 is 4.79 Å². The van der Waals surface area contributed by atoms with Crippen molar-refractivity contribution in [2.24, 2.45) is 5.92 Å². The standard InChI is InChI=1S/C16H24N2O/c1-3-18(15-6-4-5-13(2)11-15)16(19)8-7-14-9-10-17-12-14/h4-6,11,14,17H,3,7-10,12H2,1-2H3. The molecule has 1 atom stereocenters. The number of nitrogens with one attached hydrogen (secondary N) is 1. The van der Waals surface area contributed by atoms with Crippen molar-refractivity contribution in [1.29, 1.82) is 0 Å². The fraction of sp³-hybridized carbons (Fsp3) is 0.562. The number of rotatable bonds is 5. The van der Waals surface area contributed by atoms with Crippen LogP contribution < -0.4 is 10.2 Å². The number of amides is 1. The van der Waals surface area contributed by atoms with Crippen LogP contribution in [0, 0.1) is 12.8 Å². The van der Waals surface area contributed by atoms with Gasteiger partial charge in [0.25, 0.3) is 0 Å². The lowest BCUT2D eigenvalue weighted by Crippen LogP contribution is -2.30. The largest absolute Gasteiger partial charge is 0.316 e. The molecular formula is C16H24N2O. The van der Waals surface area contributed by atoms with E-state index in [2.05, 4.69) is 24.4 Å². The molecule has 1 amide bonds. The van der Waals surface area contributed by atoms with E-state index in [1.807, 2.05) is 24.0 Å². The molecule has 0 spiro atoms. The molecule has 1 unspecified atom stereocenters. The van der Waals surface area contributed by atoms with Gasteiger partial charge in [-0.2, -0.15) is 0 Å². The number of aryl methyl sites for hydroxylation is 1. The van der Waals surface area contributed by atoms with Gasteiger partial charge in [0, 0.05) is 18.7 Å². The third-order valence-electron chi connectivity index (χ3n) is 3.86. The molecule has 0 saturated carbocycles. The van der Waals surface area contributed by atoms with E-state index in [0.29, 0.717) is 12.3 Å². The summed E-state index contributed by atoms with van der Waals surface area (Å²) in [6, 6.07) is 8.18. The first-order valence-electron chi connectivity index (χ1n) is 7.28. The topological polar surface area (TPSA) is 32.3 Å². The molecule has 3 nitrogen and oxygen atoms in total. The van der Waals surface area contributed by atoms with E-state index in [0.717, 1.165) is 31.7 Å². The summed E-state index contributed by atoms with van der Waals surface area (Å²) in [5, 5.41) is 3.35. The molecule has 1 N–H and O–H groups in total. The average Bonchev–Trinajstić information content (AvgIpc) is 2.90. The van der Waals surface area contributed by atoms with Gasteiger partial charge in [0.15, 0.2) is 0 Å². The Morgan fingerprint density at radius 3 is 2.95 bits per heavy atom. The first-order valence-corrected chi connectivity index (χ1v) is 7.28. The zero-order valence-electron chi connectivity index (χ0n) is 12.0. The highest BCUT2D eigenvalue weighted by atomic mass is 16.2. The smallest absolute Gasteiger partial charge is 0.226 e. The highest BCUT2D eigenvalue weighted by Crippen LogP contribution is 2.20. The van der Waals surface area contributed by atoms with E-state index in [1.54, 1.807) is 0 Å². The maximum atomic E-state index is 12.3. The fourth-order valence-corrected chi connectivity index (χ4v) is 2.72. The minimum atomic E-state index is 0.250. The molecule has 1 aromatic carbocycles. The molecule has 1 fully saturated rings. The van der Waals surface area contributed by atoms with Crippen molar-refractivity contribution >= 4 is 11.6 Å². The third-order valence-corrected chi connectivity index (χ3v) is 3.86. The van der Waals surface area contributed by atoms with Crippen LogP contribution >= 0.6 is 0 Å². The molecule has 1 aromatic rings. The van der Waals surface area contributed by atoms with Crippen molar-refractivity contribution in [1.82, 2.24) is 5.32 Å². The second kappa shape index (κ2) is 6.71. The second-order valence-electron chi connectivity index (χ2n) is 5.37. The lowest BCUT2D eigenvalue weighted by Gasteiger charge is -2.22. The molecule has 1 heterocycles. The molecule has 2 rings (SSSR count). The molecule has 1 aliphatic heterocycles. The number of carbonyl (C=O) groups is 1. The van der Waals surface area contributed by atoms with Gasteiger partial charge >= 0.3 is 0 Å². The van der Waals surface area contributed by atoms with Crippen LogP contribution in [0.25, 0.3) is 0 Å². The van der Waals surface area contributed by atoms with Crippen LogP contribution in [-0.4, -0.2) is 25.5 Å². The van der Waals surface area contributed by atoms with E-state index in [-0.39, 0.29) is 5.91 Å². The normalized spacial score (nSPS) is 18.5. The summed E-state index contributed by atoms with van der Waals surface area (Å²) in [5.74, 6) is 0.931. The molecule has 3 heteroatoms. The summed E-state index contributed by atoms with van der Waals surface area (Å²) in [7, 11) is 0. The molecule has 104 valence electrons. The number of carbonyl (C=O) groups excluding carboxylic acids is 1. The van der Waals surface area contributed by atoms with E-state index in [1.165, 1.54) is 12.0 Å². The molecule has 0 aliphatic carbocycles. The van der Waals surface area contributed by atoms with Crippen LogP contribution in [0.5, 0.6) is 0 Å². The molecule has 0 aromatic heterocycles. The van der Waals surface area contributed by atoms with Crippen molar-refractivity contribution in [3.8, 4) is 0 Å². The summed E-state index contributed by atoms with van der Waals surface area (Å²) in [5.41, 5.74) is 2.22. The van der Waals surface area contributed by atoms with Crippen LogP contribution in [0.2, 0.25) is 0 Å². The summed E-state index contributed by atoms with van der Waals surface area (Å²) in [6.07, 6.45) is 2.88. The maximum Gasteiger partial charge on any atom is 0.226 e. The van der Waals surface area contributed by atoms with Gasteiger partial charge in [0.05, 0.1) is 0 Å². The van der Waals surface area contributed by atoms with E-state index in [4.69, 9.17) is 0 Å². The summed E-state index contributed by atoms with van der Waals surface area (Å²) in [4.78, 5) is 14.2. The molecule has 19 heavy (non-hydrogen) atoms. The number of hydrogen-bond acceptors (Lipinski definition) is 2. The van der Waals surface area contributed by atoms with E-state index in [9.17, 15) is 4.79 Å². The Hall–Kier alpha value is -1.35. The second-order valence-corrected chi connectivity index (χ2v) is 5.37. The lowest BCUT2D eigenvalue weighted by molar-refractivity contribution is -0.118. The fourth-order valence-electron chi connectivity index (χ4n) is 2.72. The monoisotopic (exact) mass is 260 g/mol. The van der Waals surface area contributed by atoms with Crippen LogP contribution in [0.15, 0.2) is 24.3 Å². The molecule has 1 aliphatic rings. The van der Waals surface area contributed by atoms with Gasteiger partial charge in [0.2, 0.25) is 5.91 Å². The van der Waals surface area contributed by atoms with Gasteiger partial charge < -0.3 is 10.2 Å². The number of anilines is 1. The van der Waals surface area contributed by atoms with Gasteiger partial charge in [-0.05, 0) is 63.4 Å². The van der Waals surface area contributed by atoms with Crippen molar-refractivity contribution in [2.45, 2.75) is 33.1 Å². The van der Waals surface area contributed by atoms with Crippen LogP contribution in [0.1, 0.15) is 31.7 Å². The summed E-state index contributed by atoms with van der Waals surface area (Å²) >= 11 is 0. The SMILES string of the molecule is CCN(C(=O)CCC1CCNC1)c1cccc(C)c1. The summed E-state index contributed by atoms with van der Waals surface area (Å²) < 4.78 is 0. The van der Waals surface area contributed by atoms with Crippen LogP contribution in [-0.2, 0) is 4.79 Å². The van der Waals surface area contributed by atoms with Crippen molar-refractivity contribution in [3.05, 3.63) is 29.8 Å². The molecular weight excluding hydrogens is 236 g/mol. The van der Waals surface area contributed by atoms with Crippen LogP contribution in [0.4, 0.5) is 5.69 Å². The number of hydrogen-bond donors (Lipinski definition) is 1. The molecule has 0 bridgehead atoms. The van der Waals surface area contributed by atoms with Crippen molar-refractivity contribution in [3.63, 3.8) is 0 Å². The minimum Gasteiger partial charge on any atom is -0.316 e. The van der Waals surface area contributed by atoms with Gasteiger partial charge in [-0.25, -0.2) is 0 Å². The highest BCUT2D eigenvalue weighted by Gasteiger charge is 2.19. The van der Waals surface area contributed by atoms with Gasteiger partial charge in [-0.3, -0.25) is 4.79 Å². The average molecular weight is 260 g/mol. The Morgan fingerprint density at radius 1 is 1.47 bits per heavy atom. The predicted molar refractivity (Wildman–Crippen MR) is 79.4 cm³/mol. The third kappa shape index (κ3) is 3.80. The molecule has 0 radical (unpaired) electrons. The first-order chi connectivity index (χ1) is 9.20. The van der Waals surface area contributed by atoms with Gasteiger partial charge in [-0.15, -0.1) is 0 Å². The quantitative estimate of drug-likeness (QED) is 0.883. The minimum absolute atomic E-state index is 0.250. The number of nitrogens with zero attached hydrogens (tertiary/aromatic N) is 1. The summed E-state index contributed by atoms with van der Waals surface area (Å²) in [6.45, 7) is 7.02. The predicted octanol–water partition coefficient (Wildman–Crippen LogP) is 2.74. The lowest BCUT2D eigenvalue weighted by atomic mass is 10.0. The van der Waals surface area contributed by atoms with E-state index < -0.39 is 0 Å². The zero-order chi connectivity index (χ0) is 13.7. The zero-order valence-corrected chi connectivity index (χ0v) is 12.0. The van der Waals surface area contributed by atoms with Crippen LogP contribution in [0.3, 0.4) is 0 Å². The Balaban J connectivity index is 1.94. The first kappa shape index (κ1) is 14.1. The molecule has 1 saturated heterocycles. The Morgan fingerprint density at radius 2 is 2.32 bits per heavy atom. The Kier molecular flexibility index (Phi) is 4.97. The Bertz CT molecular complexity index is 425. The van der Waals surface area contributed by atoms with Gasteiger partial charge in [-0.1, -0.05) is 12.1 Å². The van der Waals surface area contributed by atoms with Crippen molar-refractivity contribution in [2.75, 3.05) is 24.5 Å². The number of benzene rings is 1. The maximum absolute atomic E-state index is 12.3.